The summed E-state index contributed by atoms with van der Waals surface area (Å²) < 4.78 is 5.03. The van der Waals surface area contributed by atoms with Crippen LogP contribution < -0.4 is 5.50 Å². The molecule has 0 aromatic heterocycles. The zero-order valence-corrected chi connectivity index (χ0v) is 7.71. The van der Waals surface area contributed by atoms with E-state index in [1.165, 1.54) is 0 Å². The Kier molecular flexibility index (Phi) is 4.55. The van der Waals surface area contributed by atoms with Crippen molar-refractivity contribution >= 4 is 7.87 Å². The lowest BCUT2D eigenvalue weighted by Crippen LogP contribution is -2.15. The van der Waals surface area contributed by atoms with Gasteiger partial charge in [-0.05, 0) is 13.8 Å². The van der Waals surface area contributed by atoms with Crippen molar-refractivity contribution in [3.05, 3.63) is 0 Å². The number of hydrogen-bond acceptors (Lipinski definition) is 4. The van der Waals surface area contributed by atoms with Gasteiger partial charge in [-0.15, -0.1) is 0 Å². The zero-order valence-electron chi connectivity index (χ0n) is 6.82. The molecule has 0 rings (SSSR count). The smallest absolute Gasteiger partial charge is 0.202 e. The van der Waals surface area contributed by atoms with Crippen LogP contribution in [0.5, 0.6) is 0 Å². The summed E-state index contributed by atoms with van der Waals surface area (Å²) in [6.07, 6.45) is 0.409. The molecule has 1 atom stereocenters. The van der Waals surface area contributed by atoms with Crippen LogP contribution in [0.25, 0.3) is 0 Å². The van der Waals surface area contributed by atoms with Gasteiger partial charge in [0.2, 0.25) is 0 Å². The Morgan fingerprint density at radius 1 is 1.73 bits per heavy atom. The first-order chi connectivity index (χ1) is 4.98. The first kappa shape index (κ1) is 10.8. The van der Waals surface area contributed by atoms with Gasteiger partial charge in [0.05, 0.1) is 12.5 Å². The number of hydrogen-bond donors (Lipinski definition) is 2. The van der Waals surface area contributed by atoms with Gasteiger partial charge in [0.15, 0.2) is 0 Å². The van der Waals surface area contributed by atoms with Gasteiger partial charge in [-0.1, -0.05) is 0 Å². The first-order valence-corrected chi connectivity index (χ1v) is 5.34. The van der Waals surface area contributed by atoms with E-state index in [1.807, 2.05) is 6.07 Å². The van der Waals surface area contributed by atoms with E-state index in [4.69, 9.17) is 15.3 Å². The highest BCUT2D eigenvalue weighted by Gasteiger charge is 2.33. The normalized spacial score (nSPS) is 16.0. The van der Waals surface area contributed by atoms with Crippen molar-refractivity contribution in [2.45, 2.75) is 26.4 Å². The largest absolute Gasteiger partial charge is 0.341 e. The average Bonchev–Trinajstić information content (AvgIpc) is 1.81. The lowest BCUT2D eigenvalue weighted by molar-refractivity contribution is 0.225. The lowest BCUT2D eigenvalue weighted by atomic mass is 10.5. The maximum atomic E-state index is 9.33. The average molecular weight is 177 g/mol. The van der Waals surface area contributed by atoms with Crippen molar-refractivity contribution in [3.8, 4) is 6.07 Å². The molecule has 0 spiro atoms. The molecule has 5 heteroatoms. The minimum absolute atomic E-state index is 0.0861. The van der Waals surface area contributed by atoms with Crippen LogP contribution in [-0.4, -0.2) is 17.2 Å². The molecule has 11 heavy (non-hydrogen) atoms. The van der Waals surface area contributed by atoms with Crippen molar-refractivity contribution in [2.24, 2.45) is 5.50 Å². The highest BCUT2D eigenvalue weighted by Crippen LogP contribution is 2.48. The molecule has 0 aliphatic carbocycles. The molecule has 64 valence electrons. The third kappa shape index (κ3) is 6.21. The molecule has 0 bridgehead atoms. The van der Waals surface area contributed by atoms with Gasteiger partial charge in [-0.25, -0.2) is 4.89 Å². The Balaban J connectivity index is 3.72. The third-order valence-corrected chi connectivity index (χ3v) is 2.59. The minimum Gasteiger partial charge on any atom is -0.202 e. The van der Waals surface area contributed by atoms with Crippen LogP contribution in [0.3, 0.4) is 0 Å². The second-order valence-corrected chi connectivity index (χ2v) is 4.71. The van der Waals surface area contributed by atoms with Gasteiger partial charge in [0.25, 0.3) is 0 Å². The van der Waals surface area contributed by atoms with Crippen LogP contribution in [0.15, 0.2) is 0 Å². The summed E-state index contributed by atoms with van der Waals surface area (Å²) >= 11 is 0. The van der Waals surface area contributed by atoms with Gasteiger partial charge in [-0.2, -0.15) is 15.3 Å². The Hall–Kier alpha value is -0.200. The van der Waals surface area contributed by atoms with Crippen molar-refractivity contribution in [3.63, 3.8) is 0 Å². The maximum absolute atomic E-state index is 9.33. The monoisotopic (exact) mass is 177 g/mol. The third-order valence-electron chi connectivity index (χ3n) is 0.937. The zero-order chi connectivity index (χ0) is 8.91. The summed E-state index contributed by atoms with van der Waals surface area (Å²) in [7, 11) is -2.74. The summed E-state index contributed by atoms with van der Waals surface area (Å²) in [5, 5.41) is 8.21. The van der Waals surface area contributed by atoms with Gasteiger partial charge in [0.1, 0.15) is 12.3 Å². The summed E-state index contributed by atoms with van der Waals surface area (Å²) in [6, 6.07) is 1.90. The van der Waals surface area contributed by atoms with Crippen molar-refractivity contribution in [1.29, 1.82) is 5.26 Å². The molecule has 0 amide bonds. The predicted octanol–water partition coefficient (Wildman–Crippen LogP) is 1.04. The van der Waals surface area contributed by atoms with Crippen LogP contribution in [0.4, 0.5) is 0 Å². The van der Waals surface area contributed by atoms with E-state index in [2.05, 4.69) is 0 Å². The summed E-state index contributed by atoms with van der Waals surface area (Å²) in [4.78, 5) is 9.33. The van der Waals surface area contributed by atoms with E-state index in [9.17, 15) is 4.89 Å². The first-order valence-electron chi connectivity index (χ1n) is 3.42. The number of nitrogens with two attached hydrogens (primary N) is 1. The second-order valence-electron chi connectivity index (χ2n) is 2.54. The second kappa shape index (κ2) is 4.63. The Labute approximate surface area is 67.5 Å². The van der Waals surface area contributed by atoms with E-state index < -0.39 is 7.87 Å². The highest BCUT2D eigenvalue weighted by molar-refractivity contribution is 7.63. The van der Waals surface area contributed by atoms with Gasteiger partial charge >= 0.3 is 7.87 Å². The van der Waals surface area contributed by atoms with E-state index in [-0.39, 0.29) is 18.7 Å². The molecule has 0 aliphatic heterocycles. The molecule has 0 heterocycles. The molecule has 4 nitrogen and oxygen atoms in total. The molecule has 0 aromatic carbocycles. The predicted molar refractivity (Wildman–Crippen MR) is 44.6 cm³/mol. The molecular weight excluding hydrogens is 163 g/mol. The van der Waals surface area contributed by atoms with E-state index in [0.717, 1.165) is 0 Å². The molecule has 3 N–H and O–H groups in total. The molecule has 0 saturated carbocycles. The molecule has 1 unspecified atom stereocenters. The summed E-state index contributed by atoms with van der Waals surface area (Å²) in [5.41, 5.74) is 5.40. The van der Waals surface area contributed by atoms with Gasteiger partial charge in [0, 0.05) is 0 Å². The van der Waals surface area contributed by atoms with Crippen LogP contribution in [-0.2, 0) is 4.52 Å². The number of nitriles is 1. The van der Waals surface area contributed by atoms with Crippen LogP contribution in [0.2, 0.25) is 0 Å². The number of nitrogens with zero attached hydrogens (tertiary/aromatic N) is 1. The molecule has 0 fully saturated rings. The highest BCUT2D eigenvalue weighted by atomic mass is 31.2. The Morgan fingerprint density at radius 3 is 2.64 bits per heavy atom. The van der Waals surface area contributed by atoms with Crippen LogP contribution in [0, 0.1) is 11.3 Å². The Morgan fingerprint density at radius 2 is 2.27 bits per heavy atom. The fraction of sp³-hybridized carbons (Fsp3) is 0.833. The molecule has 0 saturated heterocycles. The van der Waals surface area contributed by atoms with E-state index in [0.29, 0.717) is 0 Å². The quantitative estimate of drug-likeness (QED) is 0.629. The van der Waals surface area contributed by atoms with Crippen molar-refractivity contribution < 1.29 is 9.42 Å². The molecule has 0 aromatic rings. The SMILES string of the molecule is CC(C)O[P+](N)(O)CCC#N. The van der Waals surface area contributed by atoms with Gasteiger partial charge < -0.3 is 0 Å². The topological polar surface area (TPSA) is 79.3 Å². The van der Waals surface area contributed by atoms with Crippen LogP contribution >= 0.6 is 7.87 Å². The van der Waals surface area contributed by atoms with E-state index >= 15 is 0 Å². The fourth-order valence-corrected chi connectivity index (χ4v) is 1.88. The van der Waals surface area contributed by atoms with Gasteiger partial charge in [-0.3, -0.25) is 0 Å². The lowest BCUT2D eigenvalue weighted by Gasteiger charge is -2.13. The Bertz CT molecular complexity index is 153. The standard InChI is InChI=1S/C6H14N2O2P/c1-6(2)10-11(8,9)5-3-4-7/h6,9H,3,5,8H2,1-2H3/q+1. The maximum Gasteiger partial charge on any atom is 0.341 e. The summed E-state index contributed by atoms with van der Waals surface area (Å²) in [5.74, 6) is 0. The van der Waals surface area contributed by atoms with Crippen molar-refractivity contribution in [2.75, 3.05) is 6.16 Å². The molecule has 0 radical (unpaired) electrons. The van der Waals surface area contributed by atoms with E-state index in [1.54, 1.807) is 13.8 Å². The molecular formula is C6H14N2O2P+. The number of rotatable bonds is 4. The minimum atomic E-state index is -2.74. The fourth-order valence-electron chi connectivity index (χ4n) is 0.628. The van der Waals surface area contributed by atoms with Crippen molar-refractivity contribution in [1.82, 2.24) is 0 Å². The van der Waals surface area contributed by atoms with Crippen LogP contribution in [0.1, 0.15) is 20.3 Å². The summed E-state index contributed by atoms with van der Waals surface area (Å²) in [6.45, 7) is 3.59. The molecule has 0 aliphatic rings.